The molecule has 0 fully saturated rings. The second-order valence-corrected chi connectivity index (χ2v) is 7.34. The summed E-state index contributed by atoms with van der Waals surface area (Å²) < 4.78 is 29.4. The van der Waals surface area contributed by atoms with Crippen LogP contribution in [0.15, 0.2) is 61.1 Å². The maximum absolute atomic E-state index is 13.8. The van der Waals surface area contributed by atoms with Crippen LogP contribution in [-0.4, -0.2) is 39.6 Å². The van der Waals surface area contributed by atoms with Crippen LogP contribution < -0.4 is 4.90 Å². The first-order chi connectivity index (χ1) is 14.1. The van der Waals surface area contributed by atoms with Gasteiger partial charge in [-0.1, -0.05) is 6.07 Å². The van der Waals surface area contributed by atoms with E-state index in [1.54, 1.807) is 4.52 Å². The molecule has 0 aliphatic carbocycles. The van der Waals surface area contributed by atoms with Gasteiger partial charge in [0.05, 0.1) is 0 Å². The van der Waals surface area contributed by atoms with Crippen molar-refractivity contribution in [1.29, 1.82) is 0 Å². The van der Waals surface area contributed by atoms with E-state index in [9.17, 15) is 8.78 Å². The highest BCUT2D eigenvalue weighted by molar-refractivity contribution is 5.73. The van der Waals surface area contributed by atoms with E-state index in [2.05, 4.69) is 21.0 Å². The number of rotatable bonds is 2. The van der Waals surface area contributed by atoms with E-state index in [0.717, 1.165) is 47.2 Å². The van der Waals surface area contributed by atoms with Crippen LogP contribution in [0.5, 0.6) is 0 Å². The molecule has 0 spiro atoms. The van der Waals surface area contributed by atoms with Gasteiger partial charge >= 0.3 is 0 Å². The molecule has 0 atom stereocenters. The lowest BCUT2D eigenvalue weighted by Crippen LogP contribution is -2.26. The number of anilines is 2. The van der Waals surface area contributed by atoms with Crippen molar-refractivity contribution in [2.24, 2.45) is 0 Å². The summed E-state index contributed by atoms with van der Waals surface area (Å²) in [4.78, 5) is 8.37. The van der Waals surface area contributed by atoms with Gasteiger partial charge in [0.25, 0.3) is 0 Å². The maximum Gasteiger partial charge on any atom is 0.155 e. The number of benzene rings is 2. The van der Waals surface area contributed by atoms with Crippen molar-refractivity contribution in [3.05, 3.63) is 78.3 Å². The Labute approximate surface area is 166 Å². The predicted molar refractivity (Wildman–Crippen MR) is 108 cm³/mol. The fraction of sp³-hybridized carbons (Fsp3) is 0.182. The molecule has 7 heteroatoms. The first-order valence-electron chi connectivity index (χ1n) is 9.42. The van der Waals surface area contributed by atoms with Crippen LogP contribution in [0.4, 0.5) is 20.2 Å². The Kier molecular flexibility index (Phi) is 4.24. The third kappa shape index (κ3) is 3.34. The van der Waals surface area contributed by atoms with Crippen molar-refractivity contribution in [2.75, 3.05) is 25.0 Å². The molecular weight excluding hydrogens is 372 g/mol. The molecule has 0 radical (unpaired) electrons. The molecule has 5 rings (SSSR count). The lowest BCUT2D eigenvalue weighted by atomic mass is 10.0. The molecule has 146 valence electrons. The van der Waals surface area contributed by atoms with Crippen molar-refractivity contribution in [3.63, 3.8) is 0 Å². The van der Waals surface area contributed by atoms with Crippen molar-refractivity contribution >= 4 is 17.0 Å². The Morgan fingerprint density at radius 2 is 1.69 bits per heavy atom. The number of hydrogen-bond donors (Lipinski definition) is 0. The third-order valence-electron chi connectivity index (χ3n) is 5.28. The number of aromatic nitrogens is 3. The van der Waals surface area contributed by atoms with Crippen molar-refractivity contribution in [3.8, 4) is 11.1 Å². The normalized spacial score (nSPS) is 14.8. The van der Waals surface area contributed by atoms with E-state index in [1.807, 2.05) is 42.4 Å². The highest BCUT2D eigenvalue weighted by Gasteiger charge is 2.21. The largest absolute Gasteiger partial charge is 0.340 e. The summed E-state index contributed by atoms with van der Waals surface area (Å²) in [6.07, 6.45) is 3.48. The first kappa shape index (κ1) is 17.8. The molecule has 0 bridgehead atoms. The standard InChI is InChI=1S/C22H19F2N5/c1-27-6-7-28(20-10-18(23)9-19(24)11-20)21-4-2-15(8-17(21)12-27)16-3-5-22-25-14-26-29(22)13-16/h2-5,8-11,13-14H,6-7,12H2,1H3. The summed E-state index contributed by atoms with van der Waals surface area (Å²) in [5, 5.41) is 4.21. The van der Waals surface area contributed by atoms with E-state index in [-0.39, 0.29) is 0 Å². The lowest BCUT2D eigenvalue weighted by Gasteiger charge is -2.25. The summed E-state index contributed by atoms with van der Waals surface area (Å²) in [5.74, 6) is -1.14. The molecule has 4 aromatic rings. The highest BCUT2D eigenvalue weighted by Crippen LogP contribution is 2.35. The number of fused-ring (bicyclic) bond motifs is 2. The van der Waals surface area contributed by atoms with Gasteiger partial charge in [-0.3, -0.25) is 0 Å². The summed E-state index contributed by atoms with van der Waals surface area (Å²) in [6, 6.07) is 13.8. The van der Waals surface area contributed by atoms with Gasteiger partial charge in [-0.15, -0.1) is 0 Å². The van der Waals surface area contributed by atoms with Gasteiger partial charge in [-0.2, -0.15) is 5.10 Å². The Balaban J connectivity index is 1.60. The molecule has 5 nitrogen and oxygen atoms in total. The van der Waals surface area contributed by atoms with Gasteiger partial charge in [-0.05, 0) is 54.6 Å². The van der Waals surface area contributed by atoms with Gasteiger partial charge < -0.3 is 9.80 Å². The fourth-order valence-corrected chi connectivity index (χ4v) is 3.87. The summed E-state index contributed by atoms with van der Waals surface area (Å²) in [5.41, 5.74) is 5.47. The van der Waals surface area contributed by atoms with E-state index < -0.39 is 11.6 Å². The van der Waals surface area contributed by atoms with Gasteiger partial charge in [0, 0.05) is 48.8 Å². The molecule has 2 aromatic heterocycles. The molecule has 3 heterocycles. The third-order valence-corrected chi connectivity index (χ3v) is 5.28. The average Bonchev–Trinajstić information content (AvgIpc) is 3.09. The first-order valence-corrected chi connectivity index (χ1v) is 9.42. The molecule has 0 saturated heterocycles. The quantitative estimate of drug-likeness (QED) is 0.512. The van der Waals surface area contributed by atoms with Crippen molar-refractivity contribution < 1.29 is 8.78 Å². The highest BCUT2D eigenvalue weighted by atomic mass is 19.1. The lowest BCUT2D eigenvalue weighted by molar-refractivity contribution is 0.343. The van der Waals surface area contributed by atoms with E-state index in [4.69, 9.17) is 0 Å². The Bertz CT molecular complexity index is 1180. The molecular formula is C22H19F2N5. The number of likely N-dealkylation sites (N-methyl/N-ethyl adjacent to an activating group) is 1. The number of halogens is 2. The topological polar surface area (TPSA) is 36.7 Å². The summed E-state index contributed by atoms with van der Waals surface area (Å²) >= 11 is 0. The minimum atomic E-state index is -0.572. The minimum absolute atomic E-state index is 0.524. The summed E-state index contributed by atoms with van der Waals surface area (Å²) in [7, 11) is 2.05. The van der Waals surface area contributed by atoms with E-state index >= 15 is 0 Å². The average molecular weight is 391 g/mol. The van der Waals surface area contributed by atoms with Gasteiger partial charge in [0.15, 0.2) is 5.65 Å². The van der Waals surface area contributed by atoms with Crippen LogP contribution in [-0.2, 0) is 6.54 Å². The molecule has 0 saturated carbocycles. The SMILES string of the molecule is CN1CCN(c2cc(F)cc(F)c2)c2ccc(-c3ccc4ncnn4c3)cc2C1. The van der Waals surface area contributed by atoms with Gasteiger partial charge in [0.1, 0.15) is 18.0 Å². The number of hydrogen-bond acceptors (Lipinski definition) is 4. The molecule has 29 heavy (non-hydrogen) atoms. The molecule has 0 amide bonds. The number of pyridine rings is 1. The Morgan fingerprint density at radius 3 is 2.52 bits per heavy atom. The van der Waals surface area contributed by atoms with E-state index in [1.165, 1.54) is 18.5 Å². The van der Waals surface area contributed by atoms with E-state index in [0.29, 0.717) is 12.2 Å². The van der Waals surface area contributed by atoms with Crippen molar-refractivity contribution in [2.45, 2.75) is 6.54 Å². The number of nitrogens with zero attached hydrogens (tertiary/aromatic N) is 5. The van der Waals surface area contributed by atoms with Crippen LogP contribution in [0.3, 0.4) is 0 Å². The monoisotopic (exact) mass is 391 g/mol. The minimum Gasteiger partial charge on any atom is -0.340 e. The molecule has 1 aliphatic heterocycles. The molecule has 0 N–H and O–H groups in total. The predicted octanol–water partition coefficient (Wildman–Crippen LogP) is 4.26. The molecule has 1 aliphatic rings. The molecule has 0 unspecified atom stereocenters. The van der Waals surface area contributed by atoms with Crippen molar-refractivity contribution in [1.82, 2.24) is 19.5 Å². The van der Waals surface area contributed by atoms with Crippen LogP contribution in [0.1, 0.15) is 5.56 Å². The smallest absolute Gasteiger partial charge is 0.155 e. The molecule has 2 aromatic carbocycles. The van der Waals surface area contributed by atoms with Crippen LogP contribution in [0.25, 0.3) is 16.8 Å². The van der Waals surface area contributed by atoms with Crippen LogP contribution in [0, 0.1) is 11.6 Å². The second-order valence-electron chi connectivity index (χ2n) is 7.34. The maximum atomic E-state index is 13.8. The fourth-order valence-electron chi connectivity index (χ4n) is 3.87. The Hall–Kier alpha value is -3.32. The zero-order chi connectivity index (χ0) is 20.0. The zero-order valence-corrected chi connectivity index (χ0v) is 15.9. The van der Waals surface area contributed by atoms with Crippen LogP contribution in [0.2, 0.25) is 0 Å². The van der Waals surface area contributed by atoms with Crippen LogP contribution >= 0.6 is 0 Å². The Morgan fingerprint density at radius 1 is 0.897 bits per heavy atom. The van der Waals surface area contributed by atoms with Gasteiger partial charge in [-0.25, -0.2) is 18.3 Å². The zero-order valence-electron chi connectivity index (χ0n) is 15.9. The summed E-state index contributed by atoms with van der Waals surface area (Å²) in [6.45, 7) is 2.19. The second kappa shape index (κ2) is 6.93. The van der Waals surface area contributed by atoms with Gasteiger partial charge in [0.2, 0.25) is 0 Å².